The van der Waals surface area contributed by atoms with Crippen molar-refractivity contribution in [3.63, 3.8) is 0 Å². The molecule has 0 saturated heterocycles. The summed E-state index contributed by atoms with van der Waals surface area (Å²) in [6.07, 6.45) is 3.67. The first kappa shape index (κ1) is 20.3. The maximum absolute atomic E-state index is 5.12. The van der Waals surface area contributed by atoms with E-state index in [1.165, 1.54) is 10.8 Å². The molecule has 0 aliphatic rings. The van der Waals surface area contributed by atoms with Gasteiger partial charge in [0.25, 0.3) is 0 Å². The molecule has 0 N–H and O–H groups in total. The minimum Gasteiger partial charge on any atom is -0.294 e. The Morgan fingerprint density at radius 2 is 1.29 bits per heavy atom. The molecule has 0 amide bonds. The summed E-state index contributed by atoms with van der Waals surface area (Å²) in [5, 5.41) is 2.41. The number of hydrogen-bond acceptors (Lipinski definition) is 3. The highest BCUT2D eigenvalue weighted by molar-refractivity contribution is 6.10. The lowest BCUT2D eigenvalue weighted by Gasteiger charge is -2.14. The molecule has 34 heavy (non-hydrogen) atoms. The zero-order valence-electron chi connectivity index (χ0n) is 19.2. The molecule has 0 spiro atoms. The molecule has 0 unspecified atom stereocenters. The van der Waals surface area contributed by atoms with Crippen LogP contribution in [0, 0.1) is 0 Å². The lowest BCUT2D eigenvalue weighted by molar-refractivity contribution is 0.815. The summed E-state index contributed by atoms with van der Waals surface area (Å²) in [5.41, 5.74) is 7.36. The van der Waals surface area contributed by atoms with E-state index in [1.807, 2.05) is 48.8 Å². The van der Waals surface area contributed by atoms with Crippen molar-refractivity contribution in [1.82, 2.24) is 19.5 Å². The van der Waals surface area contributed by atoms with Crippen LogP contribution in [0.2, 0.25) is 0 Å². The average Bonchev–Trinajstić information content (AvgIpc) is 3.23. The summed E-state index contributed by atoms with van der Waals surface area (Å²) in [7, 11) is 0. The number of nitrogens with zero attached hydrogens (tertiary/aromatic N) is 4. The Hall–Kier alpha value is -4.31. The number of aromatic nitrogens is 4. The van der Waals surface area contributed by atoms with Crippen LogP contribution >= 0.6 is 0 Å². The minimum absolute atomic E-state index is 0.291. The van der Waals surface area contributed by atoms with Crippen LogP contribution in [0.1, 0.15) is 25.5 Å². The monoisotopic (exact) mass is 440 g/mol. The third-order valence-corrected chi connectivity index (χ3v) is 6.25. The van der Waals surface area contributed by atoms with E-state index in [0.29, 0.717) is 5.92 Å². The molecular formula is C30H24N4. The molecular weight excluding hydrogens is 416 g/mol. The van der Waals surface area contributed by atoms with Gasteiger partial charge in [-0.05, 0) is 54.4 Å². The summed E-state index contributed by atoms with van der Waals surface area (Å²) < 4.78 is 2.27. The van der Waals surface area contributed by atoms with Crippen LogP contribution in [0.5, 0.6) is 0 Å². The van der Waals surface area contributed by atoms with Crippen molar-refractivity contribution < 1.29 is 0 Å². The minimum atomic E-state index is 0.291. The van der Waals surface area contributed by atoms with Crippen molar-refractivity contribution in [2.75, 3.05) is 0 Å². The first-order chi connectivity index (χ1) is 16.7. The molecule has 164 valence electrons. The Kier molecular flexibility index (Phi) is 4.92. The molecule has 4 aromatic heterocycles. The molecule has 4 heteroatoms. The summed E-state index contributed by atoms with van der Waals surface area (Å²) in [5.74, 6) is 1.19. The lowest BCUT2D eigenvalue weighted by Crippen LogP contribution is -2.03. The average molecular weight is 441 g/mol. The third-order valence-electron chi connectivity index (χ3n) is 6.25. The Labute approximate surface area is 198 Å². The molecule has 0 fully saturated rings. The van der Waals surface area contributed by atoms with Gasteiger partial charge in [-0.1, -0.05) is 56.3 Å². The van der Waals surface area contributed by atoms with Gasteiger partial charge in [0.05, 0.1) is 22.4 Å². The molecule has 4 heterocycles. The number of pyridine rings is 3. The van der Waals surface area contributed by atoms with Crippen molar-refractivity contribution in [2.45, 2.75) is 19.8 Å². The van der Waals surface area contributed by atoms with Gasteiger partial charge in [-0.2, -0.15) is 0 Å². The van der Waals surface area contributed by atoms with E-state index in [-0.39, 0.29) is 0 Å². The highest BCUT2D eigenvalue weighted by atomic mass is 15.1. The van der Waals surface area contributed by atoms with E-state index in [9.17, 15) is 0 Å². The smallest absolute Gasteiger partial charge is 0.138 e. The van der Waals surface area contributed by atoms with Crippen molar-refractivity contribution in [1.29, 1.82) is 0 Å². The second-order valence-electron chi connectivity index (χ2n) is 8.81. The van der Waals surface area contributed by atoms with Gasteiger partial charge in [0.1, 0.15) is 5.82 Å². The van der Waals surface area contributed by atoms with E-state index in [0.717, 1.165) is 45.1 Å². The maximum atomic E-state index is 5.12. The summed E-state index contributed by atoms with van der Waals surface area (Å²) in [6.45, 7) is 4.36. The molecule has 0 atom stereocenters. The quantitative estimate of drug-likeness (QED) is 0.286. The van der Waals surface area contributed by atoms with Gasteiger partial charge in [0, 0.05) is 40.0 Å². The van der Waals surface area contributed by atoms with Crippen molar-refractivity contribution >= 4 is 21.8 Å². The number of rotatable bonds is 4. The van der Waals surface area contributed by atoms with Gasteiger partial charge < -0.3 is 0 Å². The normalized spacial score (nSPS) is 11.5. The molecule has 0 bridgehead atoms. The number of hydrogen-bond donors (Lipinski definition) is 0. The van der Waals surface area contributed by atoms with Gasteiger partial charge in [0.15, 0.2) is 0 Å². The predicted octanol–water partition coefficient (Wildman–Crippen LogP) is 7.43. The summed E-state index contributed by atoms with van der Waals surface area (Å²) in [4.78, 5) is 14.3. The second-order valence-corrected chi connectivity index (χ2v) is 8.81. The molecule has 6 aromatic rings. The summed E-state index contributed by atoms with van der Waals surface area (Å²) in [6, 6.07) is 31.4. The van der Waals surface area contributed by atoms with Crippen LogP contribution in [0.3, 0.4) is 0 Å². The number of para-hydroxylation sites is 1. The van der Waals surface area contributed by atoms with Crippen molar-refractivity contribution in [2.24, 2.45) is 0 Å². The fraction of sp³-hybridized carbons (Fsp3) is 0.100. The highest BCUT2D eigenvalue weighted by Crippen LogP contribution is 2.35. The molecule has 6 rings (SSSR count). The zero-order valence-corrected chi connectivity index (χ0v) is 19.2. The SMILES string of the molecule is CC(C)c1cc(-c2ccccn2)cc(-n2c3ccccc3c3ccc(-c4ccccn4)cc32)n1. The van der Waals surface area contributed by atoms with Crippen LogP contribution in [-0.2, 0) is 0 Å². The van der Waals surface area contributed by atoms with Crippen molar-refractivity contribution in [3.8, 4) is 28.3 Å². The largest absolute Gasteiger partial charge is 0.294 e. The van der Waals surface area contributed by atoms with Gasteiger partial charge in [-0.25, -0.2) is 4.98 Å². The Balaban J connectivity index is 1.67. The summed E-state index contributed by atoms with van der Waals surface area (Å²) >= 11 is 0. The van der Waals surface area contributed by atoms with Crippen molar-refractivity contribution in [3.05, 3.63) is 109 Å². The molecule has 0 aliphatic heterocycles. The highest BCUT2D eigenvalue weighted by Gasteiger charge is 2.17. The van der Waals surface area contributed by atoms with E-state index in [1.54, 1.807) is 0 Å². The second kappa shape index (κ2) is 8.23. The Bertz CT molecular complexity index is 1620. The lowest BCUT2D eigenvalue weighted by atomic mass is 10.0. The first-order valence-corrected chi connectivity index (χ1v) is 11.6. The van der Waals surface area contributed by atoms with Gasteiger partial charge in [-0.15, -0.1) is 0 Å². The van der Waals surface area contributed by atoms with Gasteiger partial charge >= 0.3 is 0 Å². The molecule has 0 aliphatic carbocycles. The van der Waals surface area contributed by atoms with Crippen LogP contribution in [0.25, 0.3) is 50.1 Å². The third kappa shape index (κ3) is 3.44. The van der Waals surface area contributed by atoms with Gasteiger partial charge in [-0.3, -0.25) is 14.5 Å². The molecule has 0 radical (unpaired) electrons. The van der Waals surface area contributed by atoms with Crippen LogP contribution in [0.4, 0.5) is 0 Å². The topological polar surface area (TPSA) is 43.6 Å². The van der Waals surface area contributed by atoms with Gasteiger partial charge in [0.2, 0.25) is 0 Å². The predicted molar refractivity (Wildman–Crippen MR) is 139 cm³/mol. The Morgan fingerprint density at radius 3 is 2.00 bits per heavy atom. The molecule has 2 aromatic carbocycles. The van der Waals surface area contributed by atoms with E-state index in [2.05, 4.69) is 83.0 Å². The van der Waals surface area contributed by atoms with Crippen LogP contribution in [-0.4, -0.2) is 19.5 Å². The maximum Gasteiger partial charge on any atom is 0.138 e. The fourth-order valence-corrected chi connectivity index (χ4v) is 4.54. The van der Waals surface area contributed by atoms with Crippen LogP contribution < -0.4 is 0 Å². The van der Waals surface area contributed by atoms with E-state index >= 15 is 0 Å². The van der Waals surface area contributed by atoms with E-state index in [4.69, 9.17) is 4.98 Å². The standard InChI is InChI=1S/C30H24N4/c1-20(2)27-17-22(26-11-6-8-16-32-26)19-30(33-27)34-28-12-4-3-9-23(28)24-14-13-21(18-29(24)34)25-10-5-7-15-31-25/h3-20H,1-2H3. The zero-order chi connectivity index (χ0) is 23.1. The van der Waals surface area contributed by atoms with E-state index < -0.39 is 0 Å². The first-order valence-electron chi connectivity index (χ1n) is 11.6. The van der Waals surface area contributed by atoms with Crippen LogP contribution in [0.15, 0.2) is 103 Å². The Morgan fingerprint density at radius 1 is 0.618 bits per heavy atom. The molecule has 0 saturated carbocycles. The number of benzene rings is 2. The fourth-order valence-electron chi connectivity index (χ4n) is 4.54. The number of fused-ring (bicyclic) bond motifs is 3. The molecule has 4 nitrogen and oxygen atoms in total.